The zero-order valence-corrected chi connectivity index (χ0v) is 29.0. The highest BCUT2D eigenvalue weighted by Crippen LogP contribution is 2.36. The van der Waals surface area contributed by atoms with Crippen LogP contribution in [0.15, 0.2) is 73.1 Å². The number of H-pyrrole nitrogens is 2. The van der Waals surface area contributed by atoms with E-state index < -0.39 is 21.5 Å². The Kier molecular flexibility index (Phi) is 9.50. The van der Waals surface area contributed by atoms with Crippen LogP contribution in [0.5, 0.6) is 5.88 Å². The number of halogens is 4. The molecule has 2 aromatic carbocycles. The van der Waals surface area contributed by atoms with E-state index >= 15 is 0 Å². The van der Waals surface area contributed by atoms with Gasteiger partial charge in [0.05, 0.1) is 27.8 Å². The second-order valence-electron chi connectivity index (χ2n) is 13.4. The number of aromatic amines is 2. The van der Waals surface area contributed by atoms with Crippen LogP contribution in [-0.2, 0) is 10.1 Å². The fraction of sp³-hybridized carbons (Fsp3) is 0.351. The number of piperidine rings is 2. The van der Waals surface area contributed by atoms with E-state index in [1.807, 2.05) is 43.4 Å². The van der Waals surface area contributed by atoms with E-state index in [4.69, 9.17) is 4.98 Å². The van der Waals surface area contributed by atoms with Crippen molar-refractivity contribution in [3.05, 3.63) is 90.0 Å². The Hall–Kier alpha value is -4.53. The van der Waals surface area contributed by atoms with Gasteiger partial charge in [-0.3, -0.25) is 0 Å². The predicted octanol–water partition coefficient (Wildman–Crippen LogP) is 7.93. The molecule has 8 rings (SSSR count). The lowest BCUT2D eigenvalue weighted by Crippen LogP contribution is -2.29. The van der Waals surface area contributed by atoms with E-state index in [2.05, 4.69) is 48.2 Å². The van der Waals surface area contributed by atoms with Gasteiger partial charge in [0.25, 0.3) is 0 Å². The van der Waals surface area contributed by atoms with E-state index in [1.54, 1.807) is 12.3 Å². The summed E-state index contributed by atoms with van der Waals surface area (Å²) in [5.74, 6) is -0.0164. The first kappa shape index (κ1) is 34.9. The van der Waals surface area contributed by atoms with Crippen molar-refractivity contribution in [2.24, 2.45) is 0 Å². The number of fused-ring (bicyclic) bond motifs is 3. The van der Waals surface area contributed by atoms with E-state index in [0.717, 1.165) is 91.2 Å². The maximum atomic E-state index is 14.2. The summed E-state index contributed by atoms with van der Waals surface area (Å²) in [4.78, 5) is 20.0. The molecule has 0 saturated carbocycles. The lowest BCUT2D eigenvalue weighted by Gasteiger charge is -2.28. The molecule has 6 aromatic rings. The molecule has 9 nitrogen and oxygen atoms in total. The number of alkyl halides is 3. The van der Waals surface area contributed by atoms with Gasteiger partial charge in [-0.2, -0.15) is 21.6 Å². The molecule has 6 heterocycles. The first-order valence-corrected chi connectivity index (χ1v) is 18.3. The van der Waals surface area contributed by atoms with Crippen molar-refractivity contribution in [3.8, 4) is 17.1 Å². The fourth-order valence-corrected chi connectivity index (χ4v) is 7.54. The summed E-state index contributed by atoms with van der Waals surface area (Å²) < 4.78 is 77.8. The van der Waals surface area contributed by atoms with Crippen LogP contribution in [-0.4, -0.2) is 83.9 Å². The van der Waals surface area contributed by atoms with Gasteiger partial charge >= 0.3 is 15.6 Å². The Labute approximate surface area is 292 Å². The van der Waals surface area contributed by atoms with Crippen LogP contribution in [0, 0.1) is 5.82 Å². The van der Waals surface area contributed by atoms with Gasteiger partial charge < -0.3 is 24.0 Å². The van der Waals surface area contributed by atoms with Crippen molar-refractivity contribution < 1.29 is 30.2 Å². The molecular formula is C37H38F4N6O3S. The minimum absolute atomic E-state index is 0.191. The molecule has 0 aliphatic carbocycles. The van der Waals surface area contributed by atoms with Crippen LogP contribution < -0.4 is 4.18 Å². The van der Waals surface area contributed by atoms with E-state index in [0.29, 0.717) is 22.3 Å². The lowest BCUT2D eigenvalue weighted by atomic mass is 9.90. The topological polar surface area (TPSA) is 107 Å². The number of benzene rings is 2. The number of hydrogen-bond acceptors (Lipinski definition) is 7. The number of likely N-dealkylation sites (tertiary alicyclic amines) is 2. The summed E-state index contributed by atoms with van der Waals surface area (Å²) in [7, 11) is -1.52. The number of rotatable bonds is 5. The second-order valence-corrected chi connectivity index (χ2v) is 14.9. The second kappa shape index (κ2) is 13.9. The Morgan fingerprint density at radius 3 is 1.82 bits per heavy atom. The van der Waals surface area contributed by atoms with Crippen molar-refractivity contribution in [1.29, 1.82) is 0 Å². The molecule has 268 valence electrons. The van der Waals surface area contributed by atoms with Crippen LogP contribution in [0.1, 0.15) is 48.6 Å². The molecule has 2 saturated heterocycles. The van der Waals surface area contributed by atoms with Crippen LogP contribution >= 0.6 is 0 Å². The molecule has 2 aliphatic rings. The number of pyridine rings is 2. The van der Waals surface area contributed by atoms with Gasteiger partial charge in [0, 0.05) is 29.4 Å². The monoisotopic (exact) mass is 722 g/mol. The molecule has 51 heavy (non-hydrogen) atoms. The first-order chi connectivity index (χ1) is 24.4. The maximum absolute atomic E-state index is 14.2. The highest BCUT2D eigenvalue weighted by Gasteiger charge is 2.49. The van der Waals surface area contributed by atoms with E-state index in [1.165, 1.54) is 11.6 Å². The summed E-state index contributed by atoms with van der Waals surface area (Å²) in [5.41, 5.74) is 1.75. The van der Waals surface area contributed by atoms with E-state index in [9.17, 15) is 26.0 Å². The van der Waals surface area contributed by atoms with Gasteiger partial charge in [-0.15, -0.1) is 0 Å². The van der Waals surface area contributed by atoms with Gasteiger partial charge in [-0.1, -0.05) is 24.3 Å². The van der Waals surface area contributed by atoms with Crippen LogP contribution in [0.2, 0.25) is 0 Å². The Morgan fingerprint density at radius 1 is 0.725 bits per heavy atom. The highest BCUT2D eigenvalue weighted by atomic mass is 32.2. The Balaban J connectivity index is 0.000000161. The van der Waals surface area contributed by atoms with E-state index in [-0.39, 0.29) is 11.7 Å². The number of hydrogen-bond donors (Lipinski definition) is 2. The average Bonchev–Trinajstić information content (AvgIpc) is 3.73. The molecule has 2 aliphatic heterocycles. The summed E-state index contributed by atoms with van der Waals surface area (Å²) in [6.07, 6.45) is 8.02. The third-order valence-electron chi connectivity index (χ3n) is 10.0. The number of aromatic nitrogens is 4. The Bertz CT molecular complexity index is 2290. The maximum Gasteiger partial charge on any atom is 0.534 e. The molecule has 2 fully saturated rings. The normalized spacial score (nSPS) is 17.2. The molecular weight excluding hydrogens is 685 g/mol. The minimum Gasteiger partial charge on any atom is -0.360 e. The molecule has 14 heteroatoms. The van der Waals surface area contributed by atoms with Crippen molar-refractivity contribution in [2.75, 3.05) is 40.3 Å². The van der Waals surface area contributed by atoms with Crippen LogP contribution in [0.4, 0.5) is 17.6 Å². The summed E-state index contributed by atoms with van der Waals surface area (Å²) in [6.45, 7) is 4.07. The third-order valence-corrected chi connectivity index (χ3v) is 11.0. The molecule has 0 radical (unpaired) electrons. The molecule has 2 N–H and O–H groups in total. The van der Waals surface area contributed by atoms with Crippen LogP contribution in [0.25, 0.3) is 44.1 Å². The SMILES string of the molecule is CN1CCC(c2c[nH]c3ccc(-c4ccc(F)c5ccccc45)nc23)CC1.CN1CCC(c2c[nH]c3ccc(OS(=O)(=O)C(F)(F)F)nc23)CC1. The third kappa shape index (κ3) is 7.17. The van der Waals surface area contributed by atoms with Crippen molar-refractivity contribution in [2.45, 2.75) is 43.0 Å². The van der Waals surface area contributed by atoms with Gasteiger partial charge in [-0.25, -0.2) is 14.4 Å². The van der Waals surface area contributed by atoms with Gasteiger partial charge in [0.15, 0.2) is 0 Å². The average molecular weight is 723 g/mol. The smallest absolute Gasteiger partial charge is 0.360 e. The van der Waals surface area contributed by atoms with Gasteiger partial charge in [-0.05, 0) is 125 Å². The molecule has 4 aromatic heterocycles. The zero-order valence-electron chi connectivity index (χ0n) is 28.2. The molecule has 0 spiro atoms. The zero-order chi connectivity index (χ0) is 35.9. The van der Waals surface area contributed by atoms with Crippen molar-refractivity contribution >= 4 is 43.0 Å². The van der Waals surface area contributed by atoms with Crippen molar-refractivity contribution in [1.82, 2.24) is 29.7 Å². The number of nitrogens with one attached hydrogen (secondary N) is 2. The standard InChI is InChI=1S/C23H22FN3.C14H16F3N3O3S/c1-27-12-10-15(11-13-27)19-14-25-22-9-8-21(26-23(19)22)18-6-7-20(24)17-5-3-2-4-16(17)18;1-20-6-4-9(5-7-20)10-8-18-11-2-3-12(19-13(10)11)23-24(21,22)14(15,16)17/h2-9,14-15,25H,10-13H2,1H3;2-3,8-9,18H,4-7H2,1H3. The largest absolute Gasteiger partial charge is 0.534 e. The summed E-state index contributed by atoms with van der Waals surface area (Å²) in [6, 6.07) is 17.7. The number of nitrogens with zero attached hydrogens (tertiary/aromatic N) is 4. The van der Waals surface area contributed by atoms with Crippen molar-refractivity contribution in [3.63, 3.8) is 0 Å². The van der Waals surface area contributed by atoms with Gasteiger partial charge in [0.2, 0.25) is 5.88 Å². The van der Waals surface area contributed by atoms with Crippen LogP contribution in [0.3, 0.4) is 0 Å². The quantitative estimate of drug-likeness (QED) is 0.106. The Morgan fingerprint density at radius 2 is 1.25 bits per heavy atom. The fourth-order valence-electron chi connectivity index (χ4n) is 7.12. The van der Waals surface area contributed by atoms with Gasteiger partial charge in [0.1, 0.15) is 5.82 Å². The summed E-state index contributed by atoms with van der Waals surface area (Å²) in [5, 5.41) is 1.54. The highest BCUT2D eigenvalue weighted by molar-refractivity contribution is 7.87. The lowest BCUT2D eigenvalue weighted by molar-refractivity contribution is -0.0501. The molecule has 0 bridgehead atoms. The minimum atomic E-state index is -5.73. The molecule has 0 amide bonds. The molecule has 0 atom stereocenters. The summed E-state index contributed by atoms with van der Waals surface area (Å²) >= 11 is 0. The predicted molar refractivity (Wildman–Crippen MR) is 190 cm³/mol. The first-order valence-electron chi connectivity index (χ1n) is 16.9. The molecule has 0 unspecified atom stereocenters.